The van der Waals surface area contributed by atoms with Crippen molar-refractivity contribution in [2.75, 3.05) is 40.6 Å². The van der Waals surface area contributed by atoms with Crippen molar-refractivity contribution >= 4 is 11.8 Å². The van der Waals surface area contributed by atoms with E-state index >= 15 is 0 Å². The maximum atomic E-state index is 5.38. The van der Waals surface area contributed by atoms with E-state index in [4.69, 9.17) is 9.47 Å². The summed E-state index contributed by atoms with van der Waals surface area (Å²) >= 11 is 1.73. The zero-order chi connectivity index (χ0) is 15.8. The molecule has 0 unspecified atom stereocenters. The molecule has 1 aromatic rings. The van der Waals surface area contributed by atoms with Crippen molar-refractivity contribution in [3.05, 3.63) is 17.7 Å². The first-order valence-corrected chi connectivity index (χ1v) is 8.45. The molecule has 0 aliphatic heterocycles. The molecule has 120 valence electrons. The monoisotopic (exact) mass is 312 g/mol. The highest BCUT2D eigenvalue weighted by Crippen LogP contribution is 2.34. The average Bonchev–Trinajstić information content (AvgIpc) is 2.50. The molecule has 1 aromatic carbocycles. The van der Waals surface area contributed by atoms with Gasteiger partial charge in [-0.05, 0) is 44.8 Å². The largest absolute Gasteiger partial charge is 0.493 e. The van der Waals surface area contributed by atoms with E-state index in [0.717, 1.165) is 31.1 Å². The van der Waals surface area contributed by atoms with E-state index in [9.17, 15) is 0 Å². The van der Waals surface area contributed by atoms with Gasteiger partial charge in [-0.15, -0.1) is 11.8 Å². The molecule has 0 amide bonds. The summed E-state index contributed by atoms with van der Waals surface area (Å²) in [6.07, 6.45) is 2.08. The molecule has 0 radical (unpaired) electrons. The summed E-state index contributed by atoms with van der Waals surface area (Å²) in [5.41, 5.74) is 1.24. The maximum Gasteiger partial charge on any atom is 0.161 e. The normalized spacial score (nSPS) is 11.2. The topological polar surface area (TPSA) is 33.7 Å². The Bertz CT molecular complexity index is 439. The Morgan fingerprint density at radius 2 is 1.81 bits per heavy atom. The quantitative estimate of drug-likeness (QED) is 0.560. The zero-order valence-corrected chi connectivity index (χ0v) is 14.8. The lowest BCUT2D eigenvalue weighted by molar-refractivity contribution is 0.273. The molecule has 4 nitrogen and oxygen atoms in total. The molecular weight excluding hydrogens is 284 g/mol. The van der Waals surface area contributed by atoms with Gasteiger partial charge in [0.2, 0.25) is 0 Å². The number of hydrogen-bond donors (Lipinski definition) is 1. The van der Waals surface area contributed by atoms with Crippen LogP contribution in [0.1, 0.15) is 19.4 Å². The van der Waals surface area contributed by atoms with Crippen molar-refractivity contribution in [1.82, 2.24) is 10.2 Å². The number of likely N-dealkylation sites (N-methyl/N-ethyl adjacent to an activating group) is 1. The Morgan fingerprint density at radius 3 is 2.33 bits per heavy atom. The van der Waals surface area contributed by atoms with E-state index in [1.807, 2.05) is 6.07 Å². The number of nitrogens with zero attached hydrogens (tertiary/aromatic N) is 1. The first kappa shape index (κ1) is 18.1. The van der Waals surface area contributed by atoms with Crippen LogP contribution in [0.25, 0.3) is 0 Å². The number of rotatable bonds is 9. The fourth-order valence-electron chi connectivity index (χ4n) is 1.97. The van der Waals surface area contributed by atoms with E-state index in [1.165, 1.54) is 10.5 Å². The van der Waals surface area contributed by atoms with Gasteiger partial charge in [0.1, 0.15) is 0 Å². The summed E-state index contributed by atoms with van der Waals surface area (Å²) in [4.78, 5) is 3.55. The van der Waals surface area contributed by atoms with Gasteiger partial charge in [0, 0.05) is 30.6 Å². The molecule has 0 aliphatic rings. The summed E-state index contributed by atoms with van der Waals surface area (Å²) in [5.74, 6) is 1.57. The summed E-state index contributed by atoms with van der Waals surface area (Å²) in [6, 6.07) is 4.68. The van der Waals surface area contributed by atoms with Crippen LogP contribution in [-0.4, -0.2) is 51.6 Å². The van der Waals surface area contributed by atoms with Crippen LogP contribution in [0, 0.1) is 0 Å². The molecule has 0 bridgehead atoms. The minimum atomic E-state index is 0.578. The van der Waals surface area contributed by atoms with E-state index in [2.05, 4.69) is 43.4 Å². The lowest BCUT2D eigenvalue weighted by atomic mass is 10.2. The third-order valence-electron chi connectivity index (χ3n) is 3.62. The second-order valence-corrected chi connectivity index (χ2v) is 6.12. The van der Waals surface area contributed by atoms with Crippen LogP contribution in [0.3, 0.4) is 0 Å². The standard InChI is InChI=1S/C16H28N2O2S/c1-12(2)18(3)8-7-17-11-13-9-14(19-4)15(20-5)10-16(13)21-6/h9-10,12,17H,7-8,11H2,1-6H3. The molecular formula is C16H28N2O2S. The predicted octanol–water partition coefficient (Wildman–Crippen LogP) is 2.86. The van der Waals surface area contributed by atoms with Crippen molar-refractivity contribution in [2.45, 2.75) is 31.3 Å². The Morgan fingerprint density at radius 1 is 1.19 bits per heavy atom. The van der Waals surface area contributed by atoms with Crippen LogP contribution in [0.4, 0.5) is 0 Å². The van der Waals surface area contributed by atoms with E-state index < -0.39 is 0 Å². The van der Waals surface area contributed by atoms with Crippen LogP contribution in [0.5, 0.6) is 11.5 Å². The van der Waals surface area contributed by atoms with Crippen LogP contribution in [0.2, 0.25) is 0 Å². The molecule has 1 rings (SSSR count). The van der Waals surface area contributed by atoms with E-state index in [1.54, 1.807) is 26.0 Å². The average molecular weight is 312 g/mol. The van der Waals surface area contributed by atoms with Crippen molar-refractivity contribution in [3.8, 4) is 11.5 Å². The fourth-order valence-corrected chi connectivity index (χ4v) is 2.59. The predicted molar refractivity (Wildman–Crippen MR) is 90.8 cm³/mol. The third-order valence-corrected chi connectivity index (χ3v) is 4.44. The minimum Gasteiger partial charge on any atom is -0.493 e. The van der Waals surface area contributed by atoms with Crippen molar-refractivity contribution in [2.24, 2.45) is 0 Å². The highest BCUT2D eigenvalue weighted by atomic mass is 32.2. The zero-order valence-electron chi connectivity index (χ0n) is 14.0. The number of nitrogens with one attached hydrogen (secondary N) is 1. The summed E-state index contributed by atoms with van der Waals surface area (Å²) < 4.78 is 10.7. The van der Waals surface area contributed by atoms with Gasteiger partial charge in [0.25, 0.3) is 0 Å². The number of benzene rings is 1. The lowest BCUT2D eigenvalue weighted by Crippen LogP contribution is -2.33. The van der Waals surface area contributed by atoms with Gasteiger partial charge in [-0.1, -0.05) is 0 Å². The Hall–Kier alpha value is -0.910. The van der Waals surface area contributed by atoms with Gasteiger partial charge in [0.15, 0.2) is 11.5 Å². The molecule has 0 saturated carbocycles. The molecule has 0 heterocycles. The third kappa shape index (κ3) is 5.41. The number of methoxy groups -OCH3 is 2. The van der Waals surface area contributed by atoms with Crippen LogP contribution >= 0.6 is 11.8 Å². The Labute approximate surface area is 133 Å². The minimum absolute atomic E-state index is 0.578. The first-order chi connectivity index (χ1) is 10.0. The molecule has 21 heavy (non-hydrogen) atoms. The summed E-state index contributed by atoms with van der Waals surface area (Å²) in [5, 5.41) is 3.50. The Kier molecular flexibility index (Phi) is 7.93. The van der Waals surface area contributed by atoms with Gasteiger partial charge in [-0.2, -0.15) is 0 Å². The highest BCUT2D eigenvalue weighted by Gasteiger charge is 2.10. The molecule has 0 spiro atoms. The number of ether oxygens (including phenoxy) is 2. The molecule has 0 atom stereocenters. The van der Waals surface area contributed by atoms with Crippen molar-refractivity contribution in [1.29, 1.82) is 0 Å². The molecule has 0 fully saturated rings. The molecule has 5 heteroatoms. The smallest absolute Gasteiger partial charge is 0.161 e. The second kappa shape index (κ2) is 9.18. The number of hydrogen-bond acceptors (Lipinski definition) is 5. The SMILES string of the molecule is COc1cc(CNCCN(C)C(C)C)c(SC)cc1OC. The maximum absolute atomic E-state index is 5.38. The van der Waals surface area contributed by atoms with Crippen molar-refractivity contribution < 1.29 is 9.47 Å². The molecule has 0 aliphatic carbocycles. The van der Waals surface area contributed by atoms with Crippen LogP contribution < -0.4 is 14.8 Å². The summed E-state index contributed by atoms with van der Waals surface area (Å²) in [7, 11) is 5.49. The van der Waals surface area contributed by atoms with Gasteiger partial charge in [0.05, 0.1) is 14.2 Å². The Balaban J connectivity index is 2.65. The van der Waals surface area contributed by atoms with Crippen LogP contribution in [0.15, 0.2) is 17.0 Å². The first-order valence-electron chi connectivity index (χ1n) is 7.23. The summed E-state index contributed by atoms with van der Waals surface area (Å²) in [6.45, 7) is 7.26. The van der Waals surface area contributed by atoms with Gasteiger partial charge >= 0.3 is 0 Å². The number of thioether (sulfide) groups is 1. The molecule has 0 aromatic heterocycles. The van der Waals surface area contributed by atoms with E-state index in [0.29, 0.717) is 6.04 Å². The fraction of sp³-hybridized carbons (Fsp3) is 0.625. The van der Waals surface area contributed by atoms with Gasteiger partial charge in [-0.3, -0.25) is 0 Å². The van der Waals surface area contributed by atoms with Crippen LogP contribution in [-0.2, 0) is 6.54 Å². The molecule has 0 saturated heterocycles. The second-order valence-electron chi connectivity index (χ2n) is 5.27. The van der Waals surface area contributed by atoms with Crippen molar-refractivity contribution in [3.63, 3.8) is 0 Å². The van der Waals surface area contributed by atoms with Gasteiger partial charge in [-0.25, -0.2) is 0 Å². The van der Waals surface area contributed by atoms with E-state index in [-0.39, 0.29) is 0 Å². The molecule has 1 N–H and O–H groups in total. The van der Waals surface area contributed by atoms with Gasteiger partial charge < -0.3 is 19.7 Å². The lowest BCUT2D eigenvalue weighted by Gasteiger charge is -2.21. The highest BCUT2D eigenvalue weighted by molar-refractivity contribution is 7.98.